The summed E-state index contributed by atoms with van der Waals surface area (Å²) in [5.74, 6) is -1.48. The highest BCUT2D eigenvalue weighted by atomic mass is 16.3. The van der Waals surface area contributed by atoms with Gasteiger partial charge in [0, 0.05) is 31.8 Å². The van der Waals surface area contributed by atoms with Crippen LogP contribution in [0.3, 0.4) is 0 Å². The minimum absolute atomic E-state index is 0.0578. The van der Waals surface area contributed by atoms with E-state index in [0.29, 0.717) is 24.7 Å². The SMILES string of the molecule is CC(=O)N(Cc1ccc(NC(=O)C(=O)N[C@@H](CCO)c2ccccc2)cc1)C1CC1. The van der Waals surface area contributed by atoms with Crippen LogP contribution in [0.4, 0.5) is 5.69 Å². The van der Waals surface area contributed by atoms with Crippen molar-refractivity contribution in [2.75, 3.05) is 11.9 Å². The Balaban J connectivity index is 1.56. The number of rotatable bonds is 8. The van der Waals surface area contributed by atoms with Crippen LogP contribution < -0.4 is 10.6 Å². The molecule has 7 nitrogen and oxygen atoms in total. The number of nitrogens with one attached hydrogen (secondary N) is 2. The van der Waals surface area contributed by atoms with Crippen LogP contribution in [-0.4, -0.2) is 40.4 Å². The molecule has 30 heavy (non-hydrogen) atoms. The lowest BCUT2D eigenvalue weighted by molar-refractivity contribution is -0.136. The second kappa shape index (κ2) is 10.0. The zero-order valence-corrected chi connectivity index (χ0v) is 17.0. The van der Waals surface area contributed by atoms with Gasteiger partial charge in [0.1, 0.15) is 0 Å². The van der Waals surface area contributed by atoms with Crippen molar-refractivity contribution in [3.63, 3.8) is 0 Å². The van der Waals surface area contributed by atoms with Gasteiger partial charge in [0.05, 0.1) is 6.04 Å². The lowest BCUT2D eigenvalue weighted by Crippen LogP contribution is -2.38. The average Bonchev–Trinajstić information content (AvgIpc) is 3.58. The Kier molecular flexibility index (Phi) is 7.19. The maximum Gasteiger partial charge on any atom is 0.313 e. The second-order valence-corrected chi connectivity index (χ2v) is 7.48. The van der Waals surface area contributed by atoms with Crippen LogP contribution in [0.25, 0.3) is 0 Å². The van der Waals surface area contributed by atoms with Crippen LogP contribution in [0, 0.1) is 0 Å². The fraction of sp³-hybridized carbons (Fsp3) is 0.348. The van der Waals surface area contributed by atoms with E-state index in [0.717, 1.165) is 24.0 Å². The zero-order valence-electron chi connectivity index (χ0n) is 17.0. The van der Waals surface area contributed by atoms with E-state index < -0.39 is 17.9 Å². The molecule has 0 saturated heterocycles. The maximum absolute atomic E-state index is 12.3. The summed E-state index contributed by atoms with van der Waals surface area (Å²) in [6, 6.07) is 16.2. The predicted molar refractivity (Wildman–Crippen MR) is 113 cm³/mol. The molecule has 0 spiro atoms. The fourth-order valence-electron chi connectivity index (χ4n) is 3.32. The minimum atomic E-state index is -0.773. The monoisotopic (exact) mass is 409 g/mol. The van der Waals surface area contributed by atoms with Crippen molar-refractivity contribution in [2.24, 2.45) is 0 Å². The molecule has 0 heterocycles. The number of carbonyl (C=O) groups is 3. The van der Waals surface area contributed by atoms with Crippen molar-refractivity contribution in [1.82, 2.24) is 10.2 Å². The highest BCUT2D eigenvalue weighted by molar-refractivity contribution is 6.39. The molecule has 2 aromatic rings. The van der Waals surface area contributed by atoms with Crippen molar-refractivity contribution in [3.8, 4) is 0 Å². The van der Waals surface area contributed by atoms with Crippen LogP contribution in [0.5, 0.6) is 0 Å². The molecule has 7 heteroatoms. The summed E-state index contributed by atoms with van der Waals surface area (Å²) < 4.78 is 0. The number of aliphatic hydroxyl groups excluding tert-OH is 1. The molecule has 1 aliphatic carbocycles. The highest BCUT2D eigenvalue weighted by Gasteiger charge is 2.30. The highest BCUT2D eigenvalue weighted by Crippen LogP contribution is 2.28. The third kappa shape index (κ3) is 5.90. The normalized spacial score (nSPS) is 13.9. The summed E-state index contributed by atoms with van der Waals surface area (Å²) in [6.45, 7) is 2.00. The van der Waals surface area contributed by atoms with E-state index in [4.69, 9.17) is 0 Å². The summed E-state index contributed by atoms with van der Waals surface area (Å²) in [5, 5.41) is 14.5. The summed E-state index contributed by atoms with van der Waals surface area (Å²) in [5.41, 5.74) is 2.28. The third-order valence-electron chi connectivity index (χ3n) is 5.09. The summed E-state index contributed by atoms with van der Waals surface area (Å²) in [7, 11) is 0. The average molecular weight is 409 g/mol. The third-order valence-corrected chi connectivity index (χ3v) is 5.09. The Morgan fingerprint density at radius 3 is 2.27 bits per heavy atom. The van der Waals surface area contributed by atoms with E-state index in [1.165, 1.54) is 0 Å². The summed E-state index contributed by atoms with van der Waals surface area (Å²) in [4.78, 5) is 38.2. The molecular weight excluding hydrogens is 382 g/mol. The van der Waals surface area contributed by atoms with E-state index >= 15 is 0 Å². The molecule has 1 atom stereocenters. The molecule has 0 radical (unpaired) electrons. The smallest absolute Gasteiger partial charge is 0.313 e. The van der Waals surface area contributed by atoms with Crippen molar-refractivity contribution >= 4 is 23.4 Å². The standard InChI is InChI=1S/C23H27N3O4/c1-16(28)26(20-11-12-20)15-17-7-9-19(10-8-17)24-22(29)23(30)25-21(13-14-27)18-5-3-2-4-6-18/h2-10,20-21,27H,11-15H2,1H3,(H,24,29)(H,25,30)/t21-/m0/s1. The number of nitrogens with zero attached hydrogens (tertiary/aromatic N) is 1. The van der Waals surface area contributed by atoms with Crippen LogP contribution in [-0.2, 0) is 20.9 Å². The van der Waals surface area contributed by atoms with E-state index in [-0.39, 0.29) is 12.5 Å². The molecule has 3 amide bonds. The van der Waals surface area contributed by atoms with Crippen molar-refractivity contribution in [1.29, 1.82) is 0 Å². The first-order chi connectivity index (χ1) is 14.5. The number of carbonyl (C=O) groups excluding carboxylic acids is 3. The molecular formula is C23H27N3O4. The topological polar surface area (TPSA) is 98.7 Å². The molecule has 2 aromatic carbocycles. The maximum atomic E-state index is 12.3. The van der Waals surface area contributed by atoms with Gasteiger partial charge in [-0.25, -0.2) is 0 Å². The molecule has 1 fully saturated rings. The molecule has 1 aliphatic rings. The van der Waals surface area contributed by atoms with Crippen LogP contribution in [0.1, 0.15) is 43.4 Å². The fourth-order valence-corrected chi connectivity index (χ4v) is 3.32. The van der Waals surface area contributed by atoms with E-state index in [1.807, 2.05) is 47.4 Å². The molecule has 158 valence electrons. The number of aliphatic hydroxyl groups is 1. The molecule has 0 aromatic heterocycles. The van der Waals surface area contributed by atoms with Crippen LogP contribution in [0.2, 0.25) is 0 Å². The van der Waals surface area contributed by atoms with Crippen molar-refractivity contribution in [2.45, 2.75) is 44.8 Å². The van der Waals surface area contributed by atoms with Gasteiger partial charge in [-0.1, -0.05) is 42.5 Å². The van der Waals surface area contributed by atoms with Crippen molar-refractivity contribution in [3.05, 3.63) is 65.7 Å². The van der Waals surface area contributed by atoms with Gasteiger partial charge in [-0.05, 0) is 42.5 Å². The van der Waals surface area contributed by atoms with Crippen LogP contribution in [0.15, 0.2) is 54.6 Å². The Hall–Kier alpha value is -3.19. The molecule has 1 saturated carbocycles. The first-order valence-electron chi connectivity index (χ1n) is 10.1. The summed E-state index contributed by atoms with van der Waals surface area (Å²) in [6.07, 6.45) is 2.40. The van der Waals surface area contributed by atoms with Gasteiger partial charge in [0.2, 0.25) is 5.91 Å². The first kappa shape index (κ1) is 21.5. The lowest BCUT2D eigenvalue weighted by Gasteiger charge is -2.20. The number of hydrogen-bond acceptors (Lipinski definition) is 4. The molecule has 0 unspecified atom stereocenters. The van der Waals surface area contributed by atoms with Gasteiger partial charge >= 0.3 is 11.8 Å². The van der Waals surface area contributed by atoms with Crippen LogP contribution >= 0.6 is 0 Å². The molecule has 3 rings (SSSR count). The number of anilines is 1. The molecule has 0 bridgehead atoms. The van der Waals surface area contributed by atoms with Gasteiger partial charge in [0.25, 0.3) is 0 Å². The lowest BCUT2D eigenvalue weighted by atomic mass is 10.0. The van der Waals surface area contributed by atoms with E-state index in [2.05, 4.69) is 10.6 Å². The van der Waals surface area contributed by atoms with Gasteiger partial charge in [0.15, 0.2) is 0 Å². The zero-order chi connectivity index (χ0) is 21.5. The quantitative estimate of drug-likeness (QED) is 0.583. The number of benzene rings is 2. The number of amides is 3. The predicted octanol–water partition coefficient (Wildman–Crippen LogP) is 2.38. The first-order valence-corrected chi connectivity index (χ1v) is 10.1. The number of hydrogen-bond donors (Lipinski definition) is 3. The van der Waals surface area contributed by atoms with E-state index in [1.54, 1.807) is 19.1 Å². The summed E-state index contributed by atoms with van der Waals surface area (Å²) >= 11 is 0. The van der Waals surface area contributed by atoms with Gasteiger partial charge in [-0.3, -0.25) is 14.4 Å². The Morgan fingerprint density at radius 1 is 1.03 bits per heavy atom. The van der Waals surface area contributed by atoms with Gasteiger partial charge in [-0.2, -0.15) is 0 Å². The molecule has 0 aliphatic heterocycles. The Morgan fingerprint density at radius 2 is 1.70 bits per heavy atom. The Labute approximate surface area is 176 Å². The van der Waals surface area contributed by atoms with Gasteiger partial charge < -0.3 is 20.6 Å². The molecule has 3 N–H and O–H groups in total. The Bertz CT molecular complexity index is 879. The second-order valence-electron chi connectivity index (χ2n) is 7.48. The minimum Gasteiger partial charge on any atom is -0.396 e. The van der Waals surface area contributed by atoms with E-state index in [9.17, 15) is 19.5 Å². The van der Waals surface area contributed by atoms with Gasteiger partial charge in [-0.15, -0.1) is 0 Å². The van der Waals surface area contributed by atoms with Crippen molar-refractivity contribution < 1.29 is 19.5 Å². The largest absolute Gasteiger partial charge is 0.396 e.